The fourth-order valence-electron chi connectivity index (χ4n) is 4.99. The van der Waals surface area contributed by atoms with Gasteiger partial charge in [-0.3, -0.25) is 14.4 Å². The summed E-state index contributed by atoms with van der Waals surface area (Å²) in [4.78, 5) is 45.6. The molecular formula is C39H38N4O6S2. The first-order valence-corrected chi connectivity index (χ1v) is 17.9. The van der Waals surface area contributed by atoms with Gasteiger partial charge in [0, 0.05) is 32.7 Å². The molecule has 5 rings (SSSR count). The first kappa shape index (κ1) is 36.7. The van der Waals surface area contributed by atoms with Gasteiger partial charge in [-0.05, 0) is 80.1 Å². The smallest absolute Gasteiger partial charge is 0.272 e. The van der Waals surface area contributed by atoms with Crippen LogP contribution in [0.15, 0.2) is 113 Å². The summed E-state index contributed by atoms with van der Waals surface area (Å²) in [6.07, 6.45) is 2.10. The highest BCUT2D eigenvalue weighted by Gasteiger charge is 2.21. The number of para-hydroxylation sites is 1. The number of carbonyl (C=O) groups is 3. The first-order valence-electron chi connectivity index (χ1n) is 16.2. The molecule has 0 spiro atoms. The number of thiazole rings is 1. The average Bonchev–Trinajstić information content (AvgIpc) is 3.62. The number of nitrogens with zero attached hydrogens (tertiary/aromatic N) is 1. The molecule has 5 aromatic rings. The van der Waals surface area contributed by atoms with Crippen molar-refractivity contribution in [3.05, 3.63) is 119 Å². The van der Waals surface area contributed by atoms with Crippen LogP contribution in [0.4, 0.5) is 10.8 Å². The number of methoxy groups -OCH3 is 2. The highest BCUT2D eigenvalue weighted by atomic mass is 32.2. The highest BCUT2D eigenvalue weighted by Crippen LogP contribution is 2.33. The van der Waals surface area contributed by atoms with Gasteiger partial charge in [0.2, 0.25) is 5.91 Å². The van der Waals surface area contributed by atoms with E-state index >= 15 is 0 Å². The fraction of sp³-hybridized carbons (Fsp3) is 0.179. The normalized spacial score (nSPS) is 11.6. The molecule has 262 valence electrons. The average molecular weight is 723 g/mol. The van der Waals surface area contributed by atoms with Crippen LogP contribution < -0.4 is 30.2 Å². The van der Waals surface area contributed by atoms with Crippen LogP contribution >= 0.6 is 23.1 Å². The van der Waals surface area contributed by atoms with E-state index in [1.807, 2.05) is 49.6 Å². The Kier molecular flexibility index (Phi) is 12.9. The van der Waals surface area contributed by atoms with Crippen molar-refractivity contribution in [1.29, 1.82) is 0 Å². The topological polar surface area (TPSA) is 128 Å². The van der Waals surface area contributed by atoms with E-state index in [0.717, 1.165) is 21.9 Å². The van der Waals surface area contributed by atoms with Crippen molar-refractivity contribution in [3.8, 4) is 28.5 Å². The number of aromatic nitrogens is 1. The van der Waals surface area contributed by atoms with Crippen LogP contribution in [0.2, 0.25) is 0 Å². The lowest BCUT2D eigenvalue weighted by molar-refractivity contribution is -0.116. The van der Waals surface area contributed by atoms with Gasteiger partial charge < -0.3 is 30.2 Å². The molecule has 12 heteroatoms. The second kappa shape index (κ2) is 17.9. The zero-order chi connectivity index (χ0) is 36.2. The summed E-state index contributed by atoms with van der Waals surface area (Å²) in [7, 11) is 3.02. The lowest BCUT2D eigenvalue weighted by Crippen LogP contribution is -2.30. The Bertz CT molecular complexity index is 2000. The molecule has 3 N–H and O–H groups in total. The third-order valence-corrected chi connectivity index (χ3v) is 9.61. The van der Waals surface area contributed by atoms with E-state index in [0.29, 0.717) is 46.5 Å². The van der Waals surface area contributed by atoms with Gasteiger partial charge >= 0.3 is 0 Å². The number of ether oxygens (including phenoxy) is 3. The van der Waals surface area contributed by atoms with Gasteiger partial charge in [0.05, 0.1) is 31.8 Å². The van der Waals surface area contributed by atoms with Crippen molar-refractivity contribution >= 4 is 57.7 Å². The third-order valence-electron chi connectivity index (χ3n) is 7.49. The lowest BCUT2D eigenvalue weighted by Gasteiger charge is -2.15. The summed E-state index contributed by atoms with van der Waals surface area (Å²) in [5, 5.41) is 10.6. The molecular weight excluding hydrogens is 685 g/mol. The minimum Gasteiger partial charge on any atom is -0.494 e. The maximum atomic E-state index is 13.7. The van der Waals surface area contributed by atoms with Crippen molar-refractivity contribution in [2.75, 3.05) is 31.5 Å². The molecule has 51 heavy (non-hydrogen) atoms. The molecule has 0 saturated heterocycles. The fourth-order valence-corrected chi connectivity index (χ4v) is 6.73. The molecule has 0 bridgehead atoms. The molecule has 0 saturated carbocycles. The molecule has 3 amide bonds. The van der Waals surface area contributed by atoms with Crippen LogP contribution in [0.5, 0.6) is 17.2 Å². The van der Waals surface area contributed by atoms with Crippen molar-refractivity contribution < 1.29 is 28.6 Å². The number of hydrogen-bond donors (Lipinski definition) is 3. The predicted molar refractivity (Wildman–Crippen MR) is 204 cm³/mol. The van der Waals surface area contributed by atoms with Gasteiger partial charge in [-0.1, -0.05) is 43.3 Å². The van der Waals surface area contributed by atoms with Gasteiger partial charge in [-0.15, -0.1) is 23.1 Å². The second-order valence-corrected chi connectivity index (χ2v) is 13.1. The molecule has 10 nitrogen and oxygen atoms in total. The molecule has 0 fully saturated rings. The second-order valence-electron chi connectivity index (χ2n) is 10.9. The van der Waals surface area contributed by atoms with E-state index in [9.17, 15) is 14.4 Å². The van der Waals surface area contributed by atoms with Crippen LogP contribution in [-0.2, 0) is 9.59 Å². The van der Waals surface area contributed by atoms with Gasteiger partial charge in [0.25, 0.3) is 11.8 Å². The zero-order valence-electron chi connectivity index (χ0n) is 28.6. The summed E-state index contributed by atoms with van der Waals surface area (Å²) >= 11 is 2.74. The number of hydrogen-bond acceptors (Lipinski definition) is 9. The minimum atomic E-state index is -0.553. The van der Waals surface area contributed by atoms with Gasteiger partial charge in [0.1, 0.15) is 11.4 Å². The Balaban J connectivity index is 1.29. The Hall–Kier alpha value is -5.59. The molecule has 1 aromatic heterocycles. The molecule has 0 aliphatic rings. The van der Waals surface area contributed by atoms with Crippen molar-refractivity contribution in [2.45, 2.75) is 30.4 Å². The quantitative estimate of drug-likeness (QED) is 0.0730. The molecule has 1 atom stereocenters. The molecule has 1 heterocycles. The highest BCUT2D eigenvalue weighted by molar-refractivity contribution is 8.00. The van der Waals surface area contributed by atoms with Gasteiger partial charge in [-0.25, -0.2) is 4.98 Å². The molecule has 4 aromatic carbocycles. The summed E-state index contributed by atoms with van der Waals surface area (Å²) in [5.74, 6) is 0.493. The lowest BCUT2D eigenvalue weighted by atomic mass is 10.1. The largest absolute Gasteiger partial charge is 0.494 e. The Labute approximate surface area is 305 Å². The van der Waals surface area contributed by atoms with Gasteiger partial charge in [-0.2, -0.15) is 0 Å². The number of amides is 3. The standard InChI is InChI=1S/C39H38N4O6S2/c1-5-34(38(46)43-39-42-32(24-50-39)25-18-20-29(21-19-25)49-6-2)51-30-16-11-15-28(23-30)40-37(45)31(41-36(44)26-12-8-7-9-13-26)22-27-14-10-17-33(47-3)35(27)48-4/h7-24,34H,5-6H2,1-4H3,(H,40,45)(H,41,44)(H,42,43,46)/b31-22+. The number of carbonyl (C=O) groups excluding carboxylic acids is 3. The summed E-state index contributed by atoms with van der Waals surface area (Å²) in [5.41, 5.74) is 3.09. The van der Waals surface area contributed by atoms with Crippen LogP contribution in [0.25, 0.3) is 17.3 Å². The number of nitrogens with one attached hydrogen (secondary N) is 3. The molecule has 1 unspecified atom stereocenters. The van der Waals surface area contributed by atoms with Crippen molar-refractivity contribution in [1.82, 2.24) is 10.3 Å². The zero-order valence-corrected chi connectivity index (χ0v) is 30.2. The van der Waals surface area contributed by atoms with Crippen molar-refractivity contribution in [3.63, 3.8) is 0 Å². The molecule has 0 aliphatic heterocycles. The Morgan fingerprint density at radius 2 is 1.65 bits per heavy atom. The minimum absolute atomic E-state index is 0.00710. The van der Waals surface area contributed by atoms with Crippen LogP contribution in [-0.4, -0.2) is 48.8 Å². The maximum absolute atomic E-state index is 13.7. The summed E-state index contributed by atoms with van der Waals surface area (Å²) in [6.45, 7) is 4.47. The summed E-state index contributed by atoms with van der Waals surface area (Å²) in [6, 6.07) is 28.7. The van der Waals surface area contributed by atoms with Crippen LogP contribution in [0.3, 0.4) is 0 Å². The first-order chi connectivity index (χ1) is 24.8. The Morgan fingerprint density at radius 1 is 0.882 bits per heavy atom. The van der Waals surface area contributed by atoms with Gasteiger partial charge in [0.15, 0.2) is 16.6 Å². The summed E-state index contributed by atoms with van der Waals surface area (Å²) < 4.78 is 16.5. The maximum Gasteiger partial charge on any atom is 0.272 e. The van der Waals surface area contributed by atoms with Crippen LogP contribution in [0.1, 0.15) is 36.2 Å². The molecule has 0 aliphatic carbocycles. The number of rotatable bonds is 15. The van der Waals surface area contributed by atoms with Crippen LogP contribution in [0, 0.1) is 0 Å². The monoisotopic (exact) mass is 722 g/mol. The number of anilines is 2. The SMILES string of the molecule is CCOc1ccc(-c2csc(NC(=O)C(CC)Sc3cccc(NC(=O)/C(=C\c4cccc(OC)c4OC)NC(=O)c4ccccc4)c3)n2)cc1. The predicted octanol–water partition coefficient (Wildman–Crippen LogP) is 8.15. The van der Waals surface area contributed by atoms with E-state index in [4.69, 9.17) is 14.2 Å². The van der Waals surface area contributed by atoms with Crippen molar-refractivity contribution in [2.24, 2.45) is 0 Å². The van der Waals surface area contributed by atoms with E-state index in [2.05, 4.69) is 20.9 Å². The Morgan fingerprint density at radius 3 is 2.35 bits per heavy atom. The van der Waals surface area contributed by atoms with E-state index < -0.39 is 17.1 Å². The third kappa shape index (κ3) is 9.77. The van der Waals surface area contributed by atoms with E-state index in [-0.39, 0.29) is 11.6 Å². The van der Waals surface area contributed by atoms with E-state index in [1.165, 1.54) is 43.4 Å². The van der Waals surface area contributed by atoms with E-state index in [1.54, 1.807) is 66.7 Å². The number of benzene rings is 4. The molecule has 0 radical (unpaired) electrons. The number of thioether (sulfide) groups is 1.